The van der Waals surface area contributed by atoms with Gasteiger partial charge in [-0.1, -0.05) is 61.7 Å². The van der Waals surface area contributed by atoms with Crippen LogP contribution >= 0.6 is 22.7 Å². The van der Waals surface area contributed by atoms with Crippen molar-refractivity contribution in [2.24, 2.45) is 10.2 Å². The second-order valence-corrected chi connectivity index (χ2v) is 9.47. The molecule has 0 aliphatic rings. The summed E-state index contributed by atoms with van der Waals surface area (Å²) in [5, 5.41) is 9.97. The molecule has 0 spiro atoms. The van der Waals surface area contributed by atoms with Gasteiger partial charge in [0.05, 0.1) is 23.6 Å². The molecule has 2 aromatic heterocycles. The summed E-state index contributed by atoms with van der Waals surface area (Å²) < 4.78 is 11.9. The van der Waals surface area contributed by atoms with Crippen molar-refractivity contribution in [3.8, 4) is 5.75 Å². The van der Waals surface area contributed by atoms with Gasteiger partial charge in [0.1, 0.15) is 15.6 Å². The molecule has 0 saturated carbocycles. The molecule has 32 heavy (non-hydrogen) atoms. The number of hydrogen-bond donors (Lipinski definition) is 1. The molecule has 2 heterocycles. The van der Waals surface area contributed by atoms with E-state index in [4.69, 9.17) is 15.2 Å². The number of carbonyl (C=O) groups excluding carboxylic acids is 1. The minimum Gasteiger partial charge on any atom is -0.494 e. The third kappa shape index (κ3) is 8.20. The molecule has 0 saturated heterocycles. The molecule has 0 atom stereocenters. The first kappa shape index (κ1) is 24.1. The first-order chi connectivity index (χ1) is 15.6. The van der Waals surface area contributed by atoms with Crippen molar-refractivity contribution < 1.29 is 14.3 Å². The number of nitrogen functional groups attached to an aromatic ring is 1. The highest BCUT2D eigenvalue weighted by Crippen LogP contribution is 2.36. The summed E-state index contributed by atoms with van der Waals surface area (Å²) in [5.74, 6) is 0.744. The number of azo groups is 1. The highest BCUT2D eigenvalue weighted by atomic mass is 32.1. The van der Waals surface area contributed by atoms with Crippen molar-refractivity contribution in [3.63, 3.8) is 0 Å². The Bertz CT molecular complexity index is 967. The number of ether oxygens (including phenoxy) is 2. The maximum atomic E-state index is 11.0. The average Bonchev–Trinajstić information content (AvgIpc) is 3.33. The number of benzene rings is 1. The molecular formula is C23H30N4O3S2. The van der Waals surface area contributed by atoms with Gasteiger partial charge < -0.3 is 15.2 Å². The molecule has 9 heteroatoms. The van der Waals surface area contributed by atoms with Crippen molar-refractivity contribution in [2.45, 2.75) is 58.3 Å². The number of nitrogens with two attached hydrogens (primary N) is 1. The number of carbonyl (C=O) groups is 1. The van der Waals surface area contributed by atoms with E-state index in [2.05, 4.69) is 15.2 Å². The van der Waals surface area contributed by atoms with Crippen LogP contribution in [0.15, 0.2) is 40.6 Å². The number of hydrogen-bond acceptors (Lipinski definition) is 9. The second kappa shape index (κ2) is 13.1. The Kier molecular flexibility index (Phi) is 9.90. The van der Waals surface area contributed by atoms with E-state index in [0.717, 1.165) is 58.3 Å². The summed E-state index contributed by atoms with van der Waals surface area (Å²) >= 11 is 2.94. The quantitative estimate of drug-likeness (QED) is 0.149. The first-order valence-corrected chi connectivity index (χ1v) is 12.7. The van der Waals surface area contributed by atoms with Crippen molar-refractivity contribution in [1.29, 1.82) is 0 Å². The van der Waals surface area contributed by atoms with E-state index in [1.165, 1.54) is 41.9 Å². The van der Waals surface area contributed by atoms with E-state index in [9.17, 15) is 4.79 Å². The zero-order chi connectivity index (χ0) is 22.6. The molecule has 1 aromatic carbocycles. The van der Waals surface area contributed by atoms with E-state index in [-0.39, 0.29) is 5.97 Å². The van der Waals surface area contributed by atoms with Crippen molar-refractivity contribution in [3.05, 3.63) is 30.3 Å². The topological polar surface area (TPSA) is 99.2 Å². The predicted molar refractivity (Wildman–Crippen MR) is 132 cm³/mol. The Morgan fingerprint density at radius 2 is 1.66 bits per heavy atom. The molecule has 3 rings (SSSR count). The lowest BCUT2D eigenvalue weighted by Gasteiger charge is -2.06. The van der Waals surface area contributed by atoms with Crippen LogP contribution in [0.2, 0.25) is 0 Å². The second-order valence-electron chi connectivity index (χ2n) is 7.40. The lowest BCUT2D eigenvalue weighted by molar-refractivity contribution is -0.143. The van der Waals surface area contributed by atoms with E-state index in [1.807, 2.05) is 37.3 Å². The van der Waals surface area contributed by atoms with Crippen LogP contribution in [0, 0.1) is 0 Å². The molecule has 0 aliphatic carbocycles. The molecule has 3 aromatic rings. The lowest BCUT2D eigenvalue weighted by Crippen LogP contribution is -2.03. The van der Waals surface area contributed by atoms with Crippen molar-refractivity contribution >= 4 is 54.0 Å². The zero-order valence-electron chi connectivity index (χ0n) is 18.4. The van der Waals surface area contributed by atoms with Gasteiger partial charge in [0.2, 0.25) is 0 Å². The Morgan fingerprint density at radius 1 is 0.969 bits per heavy atom. The van der Waals surface area contributed by atoms with Crippen LogP contribution in [0.5, 0.6) is 5.75 Å². The van der Waals surface area contributed by atoms with Gasteiger partial charge in [0.15, 0.2) is 5.13 Å². The van der Waals surface area contributed by atoms with Gasteiger partial charge in [-0.05, 0) is 43.2 Å². The first-order valence-electron chi connectivity index (χ1n) is 11.1. The Morgan fingerprint density at radius 3 is 2.34 bits per heavy atom. The summed E-state index contributed by atoms with van der Waals surface area (Å²) in [4.78, 5) is 16.2. The number of fused-ring (bicyclic) bond motifs is 1. The third-order valence-corrected chi connectivity index (χ3v) is 6.68. The zero-order valence-corrected chi connectivity index (χ0v) is 20.1. The average molecular weight is 475 g/mol. The van der Waals surface area contributed by atoms with Crippen LogP contribution in [0.25, 0.3) is 9.53 Å². The molecule has 7 nitrogen and oxygen atoms in total. The smallest absolute Gasteiger partial charge is 0.305 e. The summed E-state index contributed by atoms with van der Waals surface area (Å²) in [6, 6.07) is 9.62. The maximum absolute atomic E-state index is 11.0. The van der Waals surface area contributed by atoms with Gasteiger partial charge in [0, 0.05) is 6.42 Å². The van der Waals surface area contributed by atoms with Gasteiger partial charge in [-0.2, -0.15) is 0 Å². The van der Waals surface area contributed by atoms with Crippen LogP contribution in [-0.4, -0.2) is 24.2 Å². The van der Waals surface area contributed by atoms with E-state index in [0.29, 0.717) is 18.2 Å². The fraction of sp³-hybridized carbons (Fsp3) is 0.478. The Labute approximate surface area is 196 Å². The molecule has 172 valence electrons. The molecule has 0 radical (unpaired) electrons. The fourth-order valence-electron chi connectivity index (χ4n) is 3.07. The minimum absolute atomic E-state index is 0.105. The van der Waals surface area contributed by atoms with E-state index < -0.39 is 0 Å². The van der Waals surface area contributed by atoms with Crippen LogP contribution in [0.4, 0.5) is 15.8 Å². The number of thiophene rings is 1. The minimum atomic E-state index is -0.105. The normalized spacial score (nSPS) is 11.4. The lowest BCUT2D eigenvalue weighted by atomic mass is 10.1. The molecule has 0 bridgehead atoms. The number of nitrogens with zero attached hydrogens (tertiary/aromatic N) is 3. The Balaban J connectivity index is 1.24. The summed E-state index contributed by atoms with van der Waals surface area (Å²) in [6.45, 7) is 3.09. The van der Waals surface area contributed by atoms with E-state index in [1.54, 1.807) is 0 Å². The number of thiazole rings is 1. The fourth-order valence-corrected chi connectivity index (χ4v) is 4.88. The van der Waals surface area contributed by atoms with E-state index >= 15 is 0 Å². The molecular weight excluding hydrogens is 444 g/mol. The molecule has 0 fully saturated rings. The summed E-state index contributed by atoms with van der Waals surface area (Å²) in [7, 11) is 0. The molecule has 2 N–H and O–H groups in total. The van der Waals surface area contributed by atoms with Gasteiger partial charge in [-0.3, -0.25) is 4.79 Å². The largest absolute Gasteiger partial charge is 0.494 e. The van der Waals surface area contributed by atoms with Crippen LogP contribution in [0.1, 0.15) is 58.3 Å². The Hall–Kier alpha value is -2.52. The monoisotopic (exact) mass is 474 g/mol. The maximum Gasteiger partial charge on any atom is 0.305 e. The summed E-state index contributed by atoms with van der Waals surface area (Å²) in [5.41, 5.74) is 6.48. The number of anilines is 1. The molecule has 0 aliphatic heterocycles. The molecule has 0 amide bonds. The van der Waals surface area contributed by atoms with Gasteiger partial charge in [-0.15, -0.1) is 10.2 Å². The number of aromatic nitrogens is 1. The summed E-state index contributed by atoms with van der Waals surface area (Å²) in [6.07, 6.45) is 8.36. The predicted octanol–water partition coefficient (Wildman–Crippen LogP) is 7.42. The molecule has 0 unspecified atom stereocenters. The van der Waals surface area contributed by atoms with Crippen LogP contribution in [-0.2, 0) is 9.53 Å². The number of rotatable bonds is 14. The SMILES string of the molecule is CCC(=O)OCCCCCCCCCOc1ccc(N=Nc2cc3sc(N)nc3s2)cc1. The van der Waals surface area contributed by atoms with Gasteiger partial charge in [0.25, 0.3) is 0 Å². The van der Waals surface area contributed by atoms with Gasteiger partial charge in [-0.25, -0.2) is 4.98 Å². The van der Waals surface area contributed by atoms with Crippen molar-refractivity contribution in [1.82, 2.24) is 4.98 Å². The van der Waals surface area contributed by atoms with Crippen LogP contribution < -0.4 is 10.5 Å². The standard InChI is InChI=1S/C23H30N4O3S2/c1-2-21(28)30-15-9-7-5-3-4-6-8-14-29-18-12-10-17(11-13-18)26-27-20-16-19-22(32-20)25-23(24)31-19/h10-13,16H,2-9,14-15H2,1H3,(H2,24,25). The highest BCUT2D eigenvalue weighted by Gasteiger charge is 2.06. The third-order valence-electron chi connectivity index (χ3n) is 4.80. The number of esters is 1. The van der Waals surface area contributed by atoms with Gasteiger partial charge >= 0.3 is 5.97 Å². The van der Waals surface area contributed by atoms with Crippen molar-refractivity contribution in [2.75, 3.05) is 18.9 Å². The highest BCUT2D eigenvalue weighted by molar-refractivity contribution is 7.30. The number of unbranched alkanes of at least 4 members (excludes halogenated alkanes) is 6. The van der Waals surface area contributed by atoms with Crippen LogP contribution in [0.3, 0.4) is 0 Å².